The van der Waals surface area contributed by atoms with Crippen LogP contribution < -0.4 is 0 Å². The lowest BCUT2D eigenvalue weighted by Gasteiger charge is -2.39. The summed E-state index contributed by atoms with van der Waals surface area (Å²) in [6.45, 7) is 4.28. The van der Waals surface area contributed by atoms with Crippen LogP contribution in [0.5, 0.6) is 17.2 Å². The molecule has 0 spiro atoms. The maximum absolute atomic E-state index is 14.8. The molecule has 0 amide bonds. The van der Waals surface area contributed by atoms with Gasteiger partial charge in [0.05, 0.1) is 66.4 Å². The van der Waals surface area contributed by atoms with Crippen molar-refractivity contribution in [2.24, 2.45) is 5.92 Å². The van der Waals surface area contributed by atoms with Crippen LogP contribution in [0.2, 0.25) is 0 Å². The van der Waals surface area contributed by atoms with Gasteiger partial charge in [-0.1, -0.05) is 0 Å². The van der Waals surface area contributed by atoms with Crippen molar-refractivity contribution in [2.75, 3.05) is 7.11 Å². The molecule has 3 aliphatic heterocycles. The van der Waals surface area contributed by atoms with Crippen LogP contribution in [-0.4, -0.2) is 69.9 Å². The quantitative estimate of drug-likeness (QED) is 0.243. The van der Waals surface area contributed by atoms with Gasteiger partial charge in [0, 0.05) is 41.2 Å². The Morgan fingerprint density at radius 3 is 2.24 bits per heavy atom. The molecular weight excluding hydrogens is 644 g/mol. The van der Waals surface area contributed by atoms with Gasteiger partial charge in [-0.3, -0.25) is 28.8 Å². The van der Waals surface area contributed by atoms with E-state index < -0.39 is 106 Å². The molecule has 0 aromatic heterocycles. The highest BCUT2D eigenvalue weighted by Crippen LogP contribution is 2.63. The van der Waals surface area contributed by atoms with E-state index in [1.54, 1.807) is 13.8 Å². The minimum atomic E-state index is -2.05. The molecule has 7 atom stereocenters. The topological polar surface area (TPSA) is 209 Å². The molecule has 8 rings (SSSR count). The maximum Gasteiger partial charge on any atom is 0.309 e. The fourth-order valence-corrected chi connectivity index (χ4v) is 8.86. The number of fused-ring (bicyclic) bond motifs is 11. The lowest BCUT2D eigenvalue weighted by Crippen LogP contribution is -2.41. The first kappa shape index (κ1) is 31.2. The van der Waals surface area contributed by atoms with Gasteiger partial charge < -0.3 is 39.0 Å². The Balaban J connectivity index is 1.35. The van der Waals surface area contributed by atoms with Gasteiger partial charge in [0.15, 0.2) is 29.1 Å². The standard InChI is InChI=1S/C35H30O14/c1-10-20-13(5-14(46-10)7-18(37)45-4)6-16-23(29(20)40)28(39)15-9-35(16,49-12(3)36)27-22(15)31(42)24-25(33(27)44)32(43)26-21(30(24)41)11(2)47-17-8-19(38)48-34(17)26/h6,10-11,14-15,17,34,40-41,43H,5,7-9H2,1-4H3/t10-,11-,14+,15+,17+,34+,35-/m1/s1. The van der Waals surface area contributed by atoms with E-state index in [1.807, 2.05) is 0 Å². The molecule has 0 radical (unpaired) electrons. The molecule has 0 unspecified atom stereocenters. The number of Topliss-reactive ketones (excluding diaryl/α,β-unsaturated/α-hetero) is 3. The number of ketones is 3. The molecule has 6 aliphatic rings. The second-order valence-electron chi connectivity index (χ2n) is 13.3. The van der Waals surface area contributed by atoms with Gasteiger partial charge in [-0.15, -0.1) is 0 Å². The smallest absolute Gasteiger partial charge is 0.309 e. The minimum Gasteiger partial charge on any atom is -0.507 e. The lowest BCUT2D eigenvalue weighted by molar-refractivity contribution is -0.155. The zero-order chi connectivity index (χ0) is 35.0. The van der Waals surface area contributed by atoms with Crippen molar-refractivity contribution in [3.63, 3.8) is 0 Å². The fourth-order valence-electron chi connectivity index (χ4n) is 8.86. The van der Waals surface area contributed by atoms with Crippen LogP contribution >= 0.6 is 0 Å². The van der Waals surface area contributed by atoms with Crippen molar-refractivity contribution in [3.8, 4) is 17.2 Å². The molecule has 3 aliphatic carbocycles. The Kier molecular flexibility index (Phi) is 6.51. The van der Waals surface area contributed by atoms with Gasteiger partial charge in [-0.2, -0.15) is 0 Å². The molecule has 3 N–H and O–H groups in total. The molecular formula is C35H30O14. The van der Waals surface area contributed by atoms with Gasteiger partial charge in [-0.25, -0.2) is 0 Å². The number of hydrogen-bond donors (Lipinski definition) is 3. The molecule has 2 aromatic rings. The Hall–Kier alpha value is -5.08. The number of aromatic hydroxyl groups is 3. The minimum absolute atomic E-state index is 0.0331. The van der Waals surface area contributed by atoms with E-state index in [4.69, 9.17) is 23.7 Å². The zero-order valence-corrected chi connectivity index (χ0v) is 26.7. The molecule has 2 bridgehead atoms. The average molecular weight is 675 g/mol. The van der Waals surface area contributed by atoms with E-state index in [9.17, 15) is 44.1 Å². The number of ether oxygens (including phenoxy) is 5. The summed E-state index contributed by atoms with van der Waals surface area (Å²) in [6, 6.07) is 1.53. The van der Waals surface area contributed by atoms with Crippen molar-refractivity contribution >= 4 is 35.3 Å². The highest BCUT2D eigenvalue weighted by Gasteiger charge is 2.64. The van der Waals surface area contributed by atoms with E-state index in [2.05, 4.69) is 0 Å². The molecule has 1 saturated heterocycles. The predicted octanol–water partition coefficient (Wildman–Crippen LogP) is 3.17. The first-order chi connectivity index (χ1) is 23.2. The molecule has 0 saturated carbocycles. The second kappa shape index (κ2) is 10.2. The maximum atomic E-state index is 14.8. The van der Waals surface area contributed by atoms with E-state index in [0.29, 0.717) is 5.56 Å². The Bertz CT molecular complexity index is 2040. The van der Waals surface area contributed by atoms with Crippen LogP contribution in [0.1, 0.15) is 117 Å². The van der Waals surface area contributed by atoms with E-state index in [-0.39, 0.29) is 64.6 Å². The van der Waals surface area contributed by atoms with Gasteiger partial charge in [0.2, 0.25) is 0 Å². The average Bonchev–Trinajstić information content (AvgIpc) is 3.55. The summed E-state index contributed by atoms with van der Waals surface area (Å²) >= 11 is 0. The van der Waals surface area contributed by atoms with Crippen molar-refractivity contribution in [1.82, 2.24) is 0 Å². The molecule has 254 valence electrons. The summed E-state index contributed by atoms with van der Waals surface area (Å²) in [4.78, 5) is 80.7. The molecule has 14 nitrogen and oxygen atoms in total. The van der Waals surface area contributed by atoms with Gasteiger partial charge in [0.1, 0.15) is 23.4 Å². The van der Waals surface area contributed by atoms with Gasteiger partial charge >= 0.3 is 17.9 Å². The molecule has 14 heteroatoms. The highest BCUT2D eigenvalue weighted by atomic mass is 16.6. The monoisotopic (exact) mass is 674 g/mol. The van der Waals surface area contributed by atoms with Crippen molar-refractivity contribution in [3.05, 3.63) is 61.7 Å². The van der Waals surface area contributed by atoms with Crippen LogP contribution in [0, 0.1) is 5.92 Å². The Labute approximate surface area is 277 Å². The highest BCUT2D eigenvalue weighted by molar-refractivity contribution is 6.33. The second-order valence-corrected chi connectivity index (χ2v) is 13.3. The number of benzene rings is 2. The number of methoxy groups -OCH3 is 1. The molecule has 3 heterocycles. The summed E-state index contributed by atoms with van der Waals surface area (Å²) in [7, 11) is 1.24. The number of esters is 3. The summed E-state index contributed by atoms with van der Waals surface area (Å²) in [6.07, 6.45) is -4.88. The normalized spacial score (nSPS) is 30.4. The number of carbonyl (C=O) groups excluding carboxylic acids is 6. The first-order valence-electron chi connectivity index (χ1n) is 15.9. The summed E-state index contributed by atoms with van der Waals surface area (Å²) in [5, 5.41) is 35.0. The van der Waals surface area contributed by atoms with Crippen LogP contribution in [0.3, 0.4) is 0 Å². The Morgan fingerprint density at radius 2 is 1.55 bits per heavy atom. The SMILES string of the molecule is COC(=O)C[C@@H]1Cc2cc3c(c(O)c2[C@@H](C)O1)C(=O)[C@H]1C[C@]3(OC(C)=O)C2=C1C(=O)c1c(O)c3c(c(O)c1C2=O)[C@H]1OC(=O)C[C@@H]1O[C@@H]3C. The molecule has 2 aromatic carbocycles. The number of phenols is 3. The third kappa shape index (κ3) is 3.95. The van der Waals surface area contributed by atoms with Crippen LogP contribution in [0.15, 0.2) is 17.2 Å². The third-order valence-electron chi connectivity index (χ3n) is 10.6. The molecule has 1 fully saturated rings. The summed E-state index contributed by atoms with van der Waals surface area (Å²) in [5.41, 5.74) is -3.58. The van der Waals surface area contributed by atoms with Crippen LogP contribution in [0.4, 0.5) is 0 Å². The number of carbonyl (C=O) groups is 6. The van der Waals surface area contributed by atoms with E-state index in [1.165, 1.54) is 13.2 Å². The summed E-state index contributed by atoms with van der Waals surface area (Å²) < 4.78 is 28.0. The largest absolute Gasteiger partial charge is 0.507 e. The predicted molar refractivity (Wildman–Crippen MR) is 160 cm³/mol. The van der Waals surface area contributed by atoms with Crippen LogP contribution in [-0.2, 0) is 50.1 Å². The number of phenolic OH excluding ortho intramolecular Hbond substituents is 3. The first-order valence-corrected chi connectivity index (χ1v) is 15.9. The van der Waals surface area contributed by atoms with Crippen molar-refractivity contribution in [2.45, 2.75) is 82.6 Å². The van der Waals surface area contributed by atoms with Gasteiger partial charge in [-0.05, 0) is 31.9 Å². The number of allylic oxidation sites excluding steroid dienone is 1. The number of hydrogen-bond acceptors (Lipinski definition) is 14. The number of rotatable bonds is 3. The van der Waals surface area contributed by atoms with Crippen molar-refractivity contribution in [1.29, 1.82) is 0 Å². The van der Waals surface area contributed by atoms with E-state index >= 15 is 0 Å². The summed E-state index contributed by atoms with van der Waals surface area (Å²) in [5.74, 6) is -7.87. The zero-order valence-electron chi connectivity index (χ0n) is 26.7. The Morgan fingerprint density at radius 1 is 0.898 bits per heavy atom. The third-order valence-corrected chi connectivity index (χ3v) is 10.6. The van der Waals surface area contributed by atoms with Crippen molar-refractivity contribution < 1.29 is 67.8 Å². The van der Waals surface area contributed by atoms with Gasteiger partial charge in [0.25, 0.3) is 0 Å². The van der Waals surface area contributed by atoms with Crippen LogP contribution in [0.25, 0.3) is 0 Å². The fraction of sp³-hybridized carbons (Fsp3) is 0.429. The lowest BCUT2D eigenvalue weighted by atomic mass is 9.71. The van der Waals surface area contributed by atoms with E-state index in [0.717, 1.165) is 6.92 Å². The molecule has 49 heavy (non-hydrogen) atoms.